The van der Waals surface area contributed by atoms with E-state index in [4.69, 9.17) is 14.9 Å². The van der Waals surface area contributed by atoms with Crippen molar-refractivity contribution in [2.45, 2.75) is 52.4 Å². The molecule has 0 saturated carbocycles. The molecule has 2 N–H and O–H groups in total. The molecule has 6 heteroatoms. The Kier molecular flexibility index (Phi) is 6.75. The van der Waals surface area contributed by atoms with E-state index in [-0.39, 0.29) is 18.7 Å². The van der Waals surface area contributed by atoms with E-state index in [1.807, 2.05) is 30.3 Å². The number of carbonyl (C=O) groups is 2. The SMILES string of the molecule is C[C@@H](CC(=N)C(=O)OCc1ccccc1)NC(=O)OC(C)(C)C. The van der Waals surface area contributed by atoms with Crippen molar-refractivity contribution in [2.24, 2.45) is 0 Å². The van der Waals surface area contributed by atoms with Crippen molar-refractivity contribution in [3.63, 3.8) is 0 Å². The Morgan fingerprint density at radius 1 is 1.22 bits per heavy atom. The maximum atomic E-state index is 11.8. The molecule has 0 aliphatic carbocycles. The second kappa shape index (κ2) is 8.31. The summed E-state index contributed by atoms with van der Waals surface area (Å²) in [6.45, 7) is 7.11. The van der Waals surface area contributed by atoms with Gasteiger partial charge in [-0.1, -0.05) is 30.3 Å². The lowest BCUT2D eigenvalue weighted by Crippen LogP contribution is -2.39. The van der Waals surface area contributed by atoms with Crippen LogP contribution >= 0.6 is 0 Å². The van der Waals surface area contributed by atoms with Crippen LogP contribution in [-0.2, 0) is 20.9 Å². The average molecular weight is 320 g/mol. The standard InChI is InChI=1S/C17H24N2O4/c1-12(19-16(21)23-17(2,3)4)10-14(18)15(20)22-11-13-8-6-5-7-9-13/h5-9,12,18H,10-11H2,1-4H3,(H,19,21)/t12-/m0/s1. The molecule has 126 valence electrons. The third-order valence-corrected chi connectivity index (χ3v) is 2.73. The fraction of sp³-hybridized carbons (Fsp3) is 0.471. The van der Waals surface area contributed by atoms with Crippen LogP contribution in [0, 0.1) is 5.41 Å². The van der Waals surface area contributed by atoms with Gasteiger partial charge in [0.2, 0.25) is 0 Å². The third kappa shape index (κ3) is 7.99. The Labute approximate surface area is 136 Å². The number of hydrogen-bond donors (Lipinski definition) is 2. The Balaban J connectivity index is 2.36. The van der Waals surface area contributed by atoms with Gasteiger partial charge in [-0.25, -0.2) is 9.59 Å². The van der Waals surface area contributed by atoms with Gasteiger partial charge in [-0.2, -0.15) is 0 Å². The van der Waals surface area contributed by atoms with Crippen molar-refractivity contribution < 1.29 is 19.1 Å². The molecule has 1 aromatic rings. The average Bonchev–Trinajstić information content (AvgIpc) is 2.43. The molecule has 0 aromatic heterocycles. The highest BCUT2D eigenvalue weighted by Gasteiger charge is 2.20. The van der Waals surface area contributed by atoms with Gasteiger partial charge in [0.25, 0.3) is 0 Å². The second-order valence-electron chi connectivity index (χ2n) is 6.29. The van der Waals surface area contributed by atoms with Crippen LogP contribution in [0.15, 0.2) is 30.3 Å². The van der Waals surface area contributed by atoms with Crippen molar-refractivity contribution in [3.05, 3.63) is 35.9 Å². The van der Waals surface area contributed by atoms with E-state index in [9.17, 15) is 9.59 Å². The molecule has 0 aliphatic heterocycles. The van der Waals surface area contributed by atoms with Gasteiger partial charge in [-0.05, 0) is 33.3 Å². The van der Waals surface area contributed by atoms with Gasteiger partial charge in [0, 0.05) is 12.5 Å². The van der Waals surface area contributed by atoms with E-state index in [0.29, 0.717) is 0 Å². The van der Waals surface area contributed by atoms with Gasteiger partial charge >= 0.3 is 12.1 Å². The van der Waals surface area contributed by atoms with Crippen molar-refractivity contribution in [3.8, 4) is 0 Å². The number of benzene rings is 1. The van der Waals surface area contributed by atoms with E-state index in [2.05, 4.69) is 5.32 Å². The smallest absolute Gasteiger partial charge is 0.407 e. The fourth-order valence-corrected chi connectivity index (χ4v) is 1.76. The molecule has 0 unspecified atom stereocenters. The number of amides is 1. The summed E-state index contributed by atoms with van der Waals surface area (Å²) < 4.78 is 10.2. The summed E-state index contributed by atoms with van der Waals surface area (Å²) in [7, 11) is 0. The molecule has 0 fully saturated rings. The molecule has 0 spiro atoms. The number of carbonyl (C=O) groups excluding carboxylic acids is 2. The van der Waals surface area contributed by atoms with Crippen LogP contribution in [0.4, 0.5) is 4.79 Å². The molecular formula is C17H24N2O4. The van der Waals surface area contributed by atoms with Crippen LogP contribution in [0.5, 0.6) is 0 Å². The highest BCUT2D eigenvalue weighted by molar-refractivity contribution is 6.35. The summed E-state index contributed by atoms with van der Waals surface area (Å²) >= 11 is 0. The minimum Gasteiger partial charge on any atom is -0.456 e. The van der Waals surface area contributed by atoms with Crippen molar-refractivity contribution >= 4 is 17.8 Å². The van der Waals surface area contributed by atoms with Crippen LogP contribution in [0.3, 0.4) is 0 Å². The monoisotopic (exact) mass is 320 g/mol. The first-order valence-electron chi connectivity index (χ1n) is 7.45. The molecule has 1 amide bonds. The maximum Gasteiger partial charge on any atom is 0.407 e. The lowest BCUT2D eigenvalue weighted by molar-refractivity contribution is -0.137. The summed E-state index contributed by atoms with van der Waals surface area (Å²) in [6, 6.07) is 8.84. The molecule has 1 atom stereocenters. The maximum absolute atomic E-state index is 11.8. The fourth-order valence-electron chi connectivity index (χ4n) is 1.76. The summed E-state index contributed by atoms with van der Waals surface area (Å²) in [5.74, 6) is -0.688. The third-order valence-electron chi connectivity index (χ3n) is 2.73. The van der Waals surface area contributed by atoms with Crippen LogP contribution in [-0.4, -0.2) is 29.4 Å². The number of hydrogen-bond acceptors (Lipinski definition) is 5. The molecule has 0 bridgehead atoms. The zero-order valence-corrected chi connectivity index (χ0v) is 14.0. The number of esters is 1. The van der Waals surface area contributed by atoms with E-state index >= 15 is 0 Å². The van der Waals surface area contributed by atoms with Crippen LogP contribution < -0.4 is 5.32 Å². The summed E-state index contributed by atoms with van der Waals surface area (Å²) in [4.78, 5) is 23.4. The van der Waals surface area contributed by atoms with Crippen LogP contribution in [0.25, 0.3) is 0 Å². The predicted molar refractivity (Wildman–Crippen MR) is 87.4 cm³/mol. The number of nitrogens with one attached hydrogen (secondary N) is 2. The van der Waals surface area contributed by atoms with E-state index in [1.165, 1.54) is 0 Å². The molecule has 0 heterocycles. The Morgan fingerprint density at radius 2 is 1.83 bits per heavy atom. The van der Waals surface area contributed by atoms with Crippen molar-refractivity contribution in [2.75, 3.05) is 0 Å². The molecular weight excluding hydrogens is 296 g/mol. The lowest BCUT2D eigenvalue weighted by Gasteiger charge is -2.21. The minimum atomic E-state index is -0.688. The van der Waals surface area contributed by atoms with E-state index in [1.54, 1.807) is 27.7 Å². The number of ether oxygens (including phenoxy) is 2. The summed E-state index contributed by atoms with van der Waals surface area (Å²) in [6.07, 6.45) is -0.497. The normalized spacial score (nSPS) is 12.2. The Bertz CT molecular complexity index is 549. The summed E-state index contributed by atoms with van der Waals surface area (Å²) in [5.41, 5.74) is 0.0735. The molecule has 0 saturated heterocycles. The van der Waals surface area contributed by atoms with Crippen molar-refractivity contribution in [1.82, 2.24) is 5.32 Å². The molecule has 1 aromatic carbocycles. The van der Waals surface area contributed by atoms with E-state index < -0.39 is 23.7 Å². The molecule has 23 heavy (non-hydrogen) atoms. The number of rotatable bonds is 6. The van der Waals surface area contributed by atoms with E-state index in [0.717, 1.165) is 5.56 Å². The quantitative estimate of drug-likeness (QED) is 0.623. The van der Waals surface area contributed by atoms with Crippen LogP contribution in [0.1, 0.15) is 39.7 Å². The molecule has 1 rings (SSSR count). The zero-order valence-electron chi connectivity index (χ0n) is 14.0. The second-order valence-corrected chi connectivity index (χ2v) is 6.29. The van der Waals surface area contributed by atoms with Gasteiger partial charge in [0.1, 0.15) is 17.9 Å². The Morgan fingerprint density at radius 3 is 2.39 bits per heavy atom. The van der Waals surface area contributed by atoms with Gasteiger partial charge < -0.3 is 14.8 Å². The first kappa shape index (κ1) is 18.7. The van der Waals surface area contributed by atoms with Gasteiger partial charge in [-0.3, -0.25) is 5.41 Å². The van der Waals surface area contributed by atoms with Gasteiger partial charge in [0.15, 0.2) is 0 Å². The number of alkyl carbamates (subject to hydrolysis) is 1. The first-order chi connectivity index (χ1) is 10.7. The predicted octanol–water partition coefficient (Wildman–Crippen LogP) is 3.05. The molecule has 0 radical (unpaired) electrons. The lowest BCUT2D eigenvalue weighted by atomic mass is 10.1. The topological polar surface area (TPSA) is 88.5 Å². The highest BCUT2D eigenvalue weighted by Crippen LogP contribution is 2.07. The van der Waals surface area contributed by atoms with Crippen molar-refractivity contribution in [1.29, 1.82) is 5.41 Å². The molecule has 6 nitrogen and oxygen atoms in total. The zero-order chi connectivity index (χ0) is 17.5. The Hall–Kier alpha value is -2.37. The molecule has 0 aliphatic rings. The minimum absolute atomic E-state index is 0.0763. The summed E-state index contributed by atoms with van der Waals surface area (Å²) in [5, 5.41) is 10.3. The first-order valence-corrected chi connectivity index (χ1v) is 7.45. The largest absolute Gasteiger partial charge is 0.456 e. The van der Waals surface area contributed by atoms with Crippen LogP contribution in [0.2, 0.25) is 0 Å². The van der Waals surface area contributed by atoms with Gasteiger partial charge in [0.05, 0.1) is 0 Å². The van der Waals surface area contributed by atoms with Gasteiger partial charge in [-0.15, -0.1) is 0 Å². The highest BCUT2D eigenvalue weighted by atomic mass is 16.6.